The van der Waals surface area contributed by atoms with E-state index in [9.17, 15) is 14.9 Å². The number of furan rings is 1. The van der Waals surface area contributed by atoms with E-state index < -0.39 is 10.9 Å². The van der Waals surface area contributed by atoms with Gasteiger partial charge in [0.1, 0.15) is 12.1 Å². The average Bonchev–Trinajstić information content (AvgIpc) is 3.40. The van der Waals surface area contributed by atoms with E-state index in [1.807, 2.05) is 29.2 Å². The van der Waals surface area contributed by atoms with Gasteiger partial charge in [0.05, 0.1) is 41.5 Å². The Morgan fingerprint density at radius 2 is 1.92 bits per heavy atom. The van der Waals surface area contributed by atoms with Crippen LogP contribution in [0.1, 0.15) is 19.1 Å². The van der Waals surface area contributed by atoms with Gasteiger partial charge in [-0.2, -0.15) is 0 Å². The van der Waals surface area contributed by atoms with Crippen molar-refractivity contribution in [2.24, 2.45) is 0 Å². The fourth-order valence-electron chi connectivity index (χ4n) is 4.16. The SMILES string of the molecule is CCOC(=O)CCN(Cc1ccco1)c1ncnc(N2CCN(c3ccccc3Cl)CC2)c1[N+](=O)[O-]. The van der Waals surface area contributed by atoms with Crippen molar-refractivity contribution in [2.45, 2.75) is 19.9 Å². The van der Waals surface area contributed by atoms with Crippen LogP contribution in [0.25, 0.3) is 0 Å². The summed E-state index contributed by atoms with van der Waals surface area (Å²) in [6, 6.07) is 11.1. The summed E-state index contributed by atoms with van der Waals surface area (Å²) in [6.07, 6.45) is 2.89. The van der Waals surface area contributed by atoms with Gasteiger partial charge in [-0.25, -0.2) is 9.97 Å². The summed E-state index contributed by atoms with van der Waals surface area (Å²) in [7, 11) is 0. The van der Waals surface area contributed by atoms with E-state index in [4.69, 9.17) is 20.8 Å². The molecular weight excluding hydrogens is 488 g/mol. The van der Waals surface area contributed by atoms with Gasteiger partial charge in [0, 0.05) is 32.7 Å². The van der Waals surface area contributed by atoms with Gasteiger partial charge in [0.25, 0.3) is 0 Å². The number of carbonyl (C=O) groups is 1. The molecule has 4 rings (SSSR count). The molecule has 11 nitrogen and oxygen atoms in total. The summed E-state index contributed by atoms with van der Waals surface area (Å²) in [5.74, 6) is 0.555. The lowest BCUT2D eigenvalue weighted by atomic mass is 10.2. The molecule has 0 N–H and O–H groups in total. The van der Waals surface area contributed by atoms with E-state index in [1.165, 1.54) is 12.6 Å². The zero-order valence-corrected chi connectivity index (χ0v) is 20.6. The van der Waals surface area contributed by atoms with E-state index in [1.54, 1.807) is 24.0 Å². The van der Waals surface area contributed by atoms with Gasteiger partial charge in [0.15, 0.2) is 0 Å². The third kappa shape index (κ3) is 5.85. The van der Waals surface area contributed by atoms with Crippen LogP contribution in [0.2, 0.25) is 5.02 Å². The largest absolute Gasteiger partial charge is 0.467 e. The number of para-hydroxylation sites is 1. The fourth-order valence-corrected chi connectivity index (χ4v) is 4.42. The predicted octanol–water partition coefficient (Wildman–Crippen LogP) is 3.92. The number of ether oxygens (including phenoxy) is 1. The quantitative estimate of drug-likeness (QED) is 0.224. The van der Waals surface area contributed by atoms with Gasteiger partial charge in [-0.3, -0.25) is 14.9 Å². The Balaban J connectivity index is 1.59. The zero-order chi connectivity index (χ0) is 25.5. The summed E-state index contributed by atoms with van der Waals surface area (Å²) >= 11 is 6.35. The van der Waals surface area contributed by atoms with Crippen molar-refractivity contribution in [3.63, 3.8) is 0 Å². The van der Waals surface area contributed by atoms with Crippen LogP contribution in [-0.4, -0.2) is 60.2 Å². The molecule has 0 unspecified atom stereocenters. The molecule has 190 valence electrons. The number of nitrogens with zero attached hydrogens (tertiary/aromatic N) is 6. The molecule has 3 aromatic rings. The van der Waals surface area contributed by atoms with Crippen LogP contribution >= 0.6 is 11.6 Å². The molecule has 0 aliphatic carbocycles. The second-order valence-corrected chi connectivity index (χ2v) is 8.52. The van der Waals surface area contributed by atoms with E-state index in [2.05, 4.69) is 14.9 Å². The first-order chi connectivity index (χ1) is 17.5. The summed E-state index contributed by atoms with van der Waals surface area (Å²) in [4.78, 5) is 38.1. The molecule has 0 atom stereocenters. The van der Waals surface area contributed by atoms with Gasteiger partial charge in [-0.1, -0.05) is 23.7 Å². The maximum absolute atomic E-state index is 12.3. The number of nitro groups is 1. The number of carbonyl (C=O) groups excluding carboxylic acids is 1. The number of piperazine rings is 1. The first kappa shape index (κ1) is 25.2. The third-order valence-corrected chi connectivity index (χ3v) is 6.18. The van der Waals surface area contributed by atoms with Crippen LogP contribution < -0.4 is 14.7 Å². The molecular formula is C24H27ClN6O5. The number of anilines is 3. The van der Waals surface area contributed by atoms with E-state index in [0.29, 0.717) is 37.0 Å². The van der Waals surface area contributed by atoms with E-state index >= 15 is 0 Å². The molecule has 1 aliphatic rings. The standard InChI is InChI=1S/C24H27ClN6O5/c1-2-35-21(32)9-10-30(16-18-6-5-15-36-18)24-22(31(33)34)23(26-17-27-24)29-13-11-28(12-14-29)20-8-4-3-7-19(20)25/h3-8,15,17H,2,9-14,16H2,1H3. The molecule has 3 heterocycles. The van der Waals surface area contributed by atoms with Crippen LogP contribution in [0.4, 0.5) is 23.0 Å². The van der Waals surface area contributed by atoms with Crippen molar-refractivity contribution in [3.05, 3.63) is 69.9 Å². The zero-order valence-electron chi connectivity index (χ0n) is 19.9. The molecule has 0 radical (unpaired) electrons. The Morgan fingerprint density at radius 3 is 2.58 bits per heavy atom. The summed E-state index contributed by atoms with van der Waals surface area (Å²) in [5, 5.41) is 13.0. The number of rotatable bonds is 10. The molecule has 12 heteroatoms. The number of hydrogen-bond acceptors (Lipinski definition) is 10. The van der Waals surface area contributed by atoms with Crippen LogP contribution in [0.3, 0.4) is 0 Å². The molecule has 2 aromatic heterocycles. The highest BCUT2D eigenvalue weighted by Gasteiger charge is 2.32. The van der Waals surface area contributed by atoms with Crippen molar-refractivity contribution >= 4 is 40.6 Å². The van der Waals surface area contributed by atoms with Gasteiger partial charge in [-0.15, -0.1) is 0 Å². The Kier molecular flexibility index (Phi) is 8.21. The van der Waals surface area contributed by atoms with E-state index in [-0.39, 0.29) is 43.4 Å². The van der Waals surface area contributed by atoms with Crippen LogP contribution in [0, 0.1) is 10.1 Å². The van der Waals surface area contributed by atoms with Crippen molar-refractivity contribution < 1.29 is 18.9 Å². The van der Waals surface area contributed by atoms with Gasteiger partial charge < -0.3 is 23.9 Å². The minimum Gasteiger partial charge on any atom is -0.467 e. The second kappa shape index (κ2) is 11.7. The van der Waals surface area contributed by atoms with Crippen molar-refractivity contribution in [1.82, 2.24) is 9.97 Å². The average molecular weight is 515 g/mol. The summed E-state index contributed by atoms with van der Waals surface area (Å²) in [5.41, 5.74) is 0.722. The Hall–Kier alpha value is -3.86. The summed E-state index contributed by atoms with van der Waals surface area (Å²) < 4.78 is 10.5. The third-order valence-electron chi connectivity index (χ3n) is 5.86. The second-order valence-electron chi connectivity index (χ2n) is 8.11. The fraction of sp³-hybridized carbons (Fsp3) is 0.375. The van der Waals surface area contributed by atoms with Gasteiger partial charge >= 0.3 is 11.7 Å². The highest BCUT2D eigenvalue weighted by Crippen LogP contribution is 2.36. The number of benzene rings is 1. The van der Waals surface area contributed by atoms with Crippen LogP contribution in [0.5, 0.6) is 0 Å². The normalized spacial score (nSPS) is 13.5. The maximum Gasteiger partial charge on any atom is 0.353 e. The lowest BCUT2D eigenvalue weighted by Gasteiger charge is -2.37. The molecule has 0 saturated carbocycles. The first-order valence-corrected chi connectivity index (χ1v) is 12.0. The number of esters is 1. The molecule has 1 saturated heterocycles. The van der Waals surface area contributed by atoms with Crippen molar-refractivity contribution in [1.29, 1.82) is 0 Å². The number of aromatic nitrogens is 2. The van der Waals surface area contributed by atoms with Crippen molar-refractivity contribution in [2.75, 3.05) is 54.0 Å². The highest BCUT2D eigenvalue weighted by molar-refractivity contribution is 6.33. The molecule has 36 heavy (non-hydrogen) atoms. The molecule has 1 fully saturated rings. The lowest BCUT2D eigenvalue weighted by molar-refractivity contribution is -0.383. The monoisotopic (exact) mass is 514 g/mol. The minimum atomic E-state index is -0.468. The number of halogens is 1. The number of hydrogen-bond donors (Lipinski definition) is 0. The van der Waals surface area contributed by atoms with E-state index in [0.717, 1.165) is 5.69 Å². The molecule has 1 aliphatic heterocycles. The Labute approximate surface area is 213 Å². The predicted molar refractivity (Wildman–Crippen MR) is 136 cm³/mol. The molecule has 0 bridgehead atoms. The van der Waals surface area contributed by atoms with Crippen LogP contribution in [-0.2, 0) is 16.1 Å². The topological polar surface area (TPSA) is 118 Å². The minimum absolute atomic E-state index is 0.0432. The Bertz CT molecular complexity index is 1180. The van der Waals surface area contributed by atoms with Gasteiger partial charge in [0.2, 0.25) is 11.6 Å². The Morgan fingerprint density at radius 1 is 1.17 bits per heavy atom. The van der Waals surface area contributed by atoms with Crippen molar-refractivity contribution in [3.8, 4) is 0 Å². The lowest BCUT2D eigenvalue weighted by Crippen LogP contribution is -2.47. The summed E-state index contributed by atoms with van der Waals surface area (Å²) in [6.45, 7) is 4.63. The van der Waals surface area contributed by atoms with Crippen LogP contribution in [0.15, 0.2) is 53.4 Å². The highest BCUT2D eigenvalue weighted by atomic mass is 35.5. The maximum atomic E-state index is 12.3. The van der Waals surface area contributed by atoms with Gasteiger partial charge in [-0.05, 0) is 31.2 Å². The molecule has 1 aromatic carbocycles. The first-order valence-electron chi connectivity index (χ1n) is 11.6. The smallest absolute Gasteiger partial charge is 0.353 e. The molecule has 0 amide bonds. The molecule has 0 spiro atoms.